The Labute approximate surface area is 164 Å². The molecule has 0 aliphatic heterocycles. The van der Waals surface area contributed by atoms with Crippen LogP contribution in [0.5, 0.6) is 5.75 Å². The van der Waals surface area contributed by atoms with Gasteiger partial charge in [0.2, 0.25) is 0 Å². The van der Waals surface area contributed by atoms with Gasteiger partial charge < -0.3 is 15.2 Å². The number of nitrogens with one attached hydrogen (secondary N) is 1. The smallest absolute Gasteiger partial charge is 0.259 e. The van der Waals surface area contributed by atoms with Gasteiger partial charge in [-0.3, -0.25) is 4.79 Å². The molecule has 0 radical (unpaired) electrons. The first kappa shape index (κ1) is 22.9. The van der Waals surface area contributed by atoms with Crippen LogP contribution in [0, 0.1) is 11.7 Å². The van der Waals surface area contributed by atoms with Gasteiger partial charge in [-0.05, 0) is 48.4 Å². The summed E-state index contributed by atoms with van der Waals surface area (Å²) in [5.41, 5.74) is 0.398. The van der Waals surface area contributed by atoms with Crippen LogP contribution in [0.2, 0.25) is 0 Å². The Hall–Kier alpha value is -2.10. The van der Waals surface area contributed by atoms with E-state index >= 15 is 0 Å². The molecular weight excluding hydrogens is 393 g/mol. The van der Waals surface area contributed by atoms with Gasteiger partial charge in [-0.15, -0.1) is 0 Å². The van der Waals surface area contributed by atoms with Crippen molar-refractivity contribution < 1.29 is 27.4 Å². The summed E-state index contributed by atoms with van der Waals surface area (Å²) < 4.78 is 43.0. The minimum Gasteiger partial charge on any atom is -0.496 e. The minimum atomic E-state index is -3.68. The van der Waals surface area contributed by atoms with Crippen LogP contribution in [-0.4, -0.2) is 38.9 Å². The first-order valence-electron chi connectivity index (χ1n) is 7.85. The number of rotatable bonds is 7. The number of methoxy groups -OCH3 is 1. The highest BCUT2D eigenvalue weighted by Crippen LogP contribution is 2.25. The van der Waals surface area contributed by atoms with Crippen molar-refractivity contribution in [3.05, 3.63) is 53.8 Å². The zero-order valence-electron chi connectivity index (χ0n) is 14.9. The fourth-order valence-electron chi connectivity index (χ4n) is 2.31. The van der Waals surface area contributed by atoms with Gasteiger partial charge in [0.1, 0.15) is 11.6 Å². The Morgan fingerprint density at radius 2 is 1.85 bits per heavy atom. The molecule has 0 aromatic heterocycles. The molecule has 148 valence electrons. The second-order valence-electron chi connectivity index (χ2n) is 5.89. The van der Waals surface area contributed by atoms with Crippen LogP contribution in [-0.2, 0) is 9.84 Å². The lowest BCUT2D eigenvalue weighted by Gasteiger charge is -2.13. The van der Waals surface area contributed by atoms with Gasteiger partial charge in [0.25, 0.3) is 5.91 Å². The highest BCUT2D eigenvalue weighted by atomic mass is 32.2. The molecule has 1 amide bonds. The number of carbonyl (C=O) groups is 1. The minimum absolute atomic E-state index is 0. The van der Waals surface area contributed by atoms with E-state index in [0.29, 0.717) is 5.69 Å². The molecule has 0 unspecified atom stereocenters. The summed E-state index contributed by atoms with van der Waals surface area (Å²) in [6, 6.07) is 9.17. The van der Waals surface area contributed by atoms with Gasteiger partial charge in [-0.1, -0.05) is 6.92 Å². The van der Waals surface area contributed by atoms with Crippen molar-refractivity contribution in [1.82, 2.24) is 0 Å². The molecule has 1 atom stereocenters. The van der Waals surface area contributed by atoms with Gasteiger partial charge in [-0.25, -0.2) is 12.8 Å². The Kier molecular flexibility index (Phi) is 8.26. The van der Waals surface area contributed by atoms with Gasteiger partial charge in [0.05, 0.1) is 23.3 Å². The summed E-state index contributed by atoms with van der Waals surface area (Å²) in [4.78, 5) is 12.5. The molecule has 0 aliphatic carbocycles. The molecule has 2 N–H and O–H groups in total. The van der Waals surface area contributed by atoms with Crippen LogP contribution >= 0.6 is 13.5 Å². The average Bonchev–Trinajstić information content (AvgIpc) is 2.62. The monoisotopic (exact) mass is 415 g/mol. The Bertz CT molecular complexity index is 885. The number of ether oxygens (including phenoxy) is 1. The lowest BCUT2D eigenvalue weighted by atomic mass is 10.2. The van der Waals surface area contributed by atoms with Gasteiger partial charge in [-0.2, -0.15) is 13.5 Å². The molecule has 2 rings (SSSR count). The van der Waals surface area contributed by atoms with E-state index in [1.165, 1.54) is 49.6 Å². The number of amides is 1. The summed E-state index contributed by atoms with van der Waals surface area (Å²) >= 11 is 0. The Morgan fingerprint density at radius 3 is 2.41 bits per heavy atom. The largest absolute Gasteiger partial charge is 0.496 e. The van der Waals surface area contributed by atoms with Crippen LogP contribution in [0.15, 0.2) is 47.4 Å². The normalized spacial score (nSPS) is 12.0. The number of hydrogen-bond donors (Lipinski definition) is 2. The van der Waals surface area contributed by atoms with E-state index in [2.05, 4.69) is 5.32 Å². The molecule has 0 saturated heterocycles. The van der Waals surface area contributed by atoms with E-state index in [9.17, 15) is 17.6 Å². The van der Waals surface area contributed by atoms with E-state index in [-0.39, 0.29) is 42.1 Å². The van der Waals surface area contributed by atoms with Crippen molar-refractivity contribution in [3.8, 4) is 5.75 Å². The van der Waals surface area contributed by atoms with Crippen LogP contribution in [0.4, 0.5) is 10.1 Å². The van der Waals surface area contributed by atoms with E-state index < -0.39 is 27.5 Å². The summed E-state index contributed by atoms with van der Waals surface area (Å²) in [5, 5.41) is 11.6. The maximum absolute atomic E-state index is 13.0. The number of benzene rings is 2. The van der Waals surface area contributed by atoms with Gasteiger partial charge >= 0.3 is 0 Å². The number of carbonyl (C=O) groups excluding carboxylic acids is 1. The fraction of sp³-hybridized carbons (Fsp3) is 0.278. The summed E-state index contributed by atoms with van der Waals surface area (Å²) in [6.45, 7) is 1.36. The predicted octanol–water partition coefficient (Wildman–Crippen LogP) is 2.60. The summed E-state index contributed by atoms with van der Waals surface area (Å²) in [5.74, 6) is -1.49. The van der Waals surface area contributed by atoms with Crippen molar-refractivity contribution >= 4 is 34.9 Å². The number of sulfone groups is 1. The van der Waals surface area contributed by atoms with E-state index in [1.807, 2.05) is 0 Å². The molecular formula is C18H22FNO5S2. The van der Waals surface area contributed by atoms with Crippen LogP contribution in [0.3, 0.4) is 0 Å². The number of aliphatic hydroxyl groups is 1. The lowest BCUT2D eigenvalue weighted by Crippen LogP contribution is -2.18. The fourth-order valence-corrected chi connectivity index (χ4v) is 3.93. The molecule has 0 aliphatic rings. The van der Waals surface area contributed by atoms with Crippen molar-refractivity contribution in [1.29, 1.82) is 0 Å². The quantitative estimate of drug-likeness (QED) is 0.725. The van der Waals surface area contributed by atoms with Crippen molar-refractivity contribution in [2.24, 2.45) is 5.92 Å². The third kappa shape index (κ3) is 5.95. The van der Waals surface area contributed by atoms with Gasteiger partial charge in [0.15, 0.2) is 9.84 Å². The molecule has 0 bridgehead atoms. The summed E-state index contributed by atoms with van der Waals surface area (Å²) in [6.07, 6.45) is 0. The molecule has 9 heteroatoms. The first-order valence-corrected chi connectivity index (χ1v) is 9.50. The molecule has 0 spiro atoms. The number of anilines is 1. The van der Waals surface area contributed by atoms with E-state index in [4.69, 9.17) is 9.84 Å². The third-order valence-corrected chi connectivity index (χ3v) is 5.67. The van der Waals surface area contributed by atoms with Gasteiger partial charge in [0, 0.05) is 12.3 Å². The standard InChI is InChI=1S/C18H20FNO5S.H2S/c1-12(10-21)11-26(23,24)15-7-8-17(25-2)16(9-15)18(22)20-14-5-3-13(19)4-6-14;/h3-9,12,21H,10-11H2,1-2H3,(H,20,22);1H2/t12-;/m0./s1. The topological polar surface area (TPSA) is 92.7 Å². The molecule has 6 nitrogen and oxygen atoms in total. The Balaban J connectivity index is 0.00000364. The van der Waals surface area contributed by atoms with Crippen LogP contribution in [0.1, 0.15) is 17.3 Å². The highest BCUT2D eigenvalue weighted by molar-refractivity contribution is 7.91. The second-order valence-corrected chi connectivity index (χ2v) is 7.93. The maximum atomic E-state index is 13.0. The molecule has 2 aromatic rings. The lowest BCUT2D eigenvalue weighted by molar-refractivity contribution is 0.102. The van der Waals surface area contributed by atoms with Crippen molar-refractivity contribution in [2.45, 2.75) is 11.8 Å². The van der Waals surface area contributed by atoms with Crippen LogP contribution in [0.25, 0.3) is 0 Å². The summed E-state index contributed by atoms with van der Waals surface area (Å²) in [7, 11) is -2.31. The third-order valence-electron chi connectivity index (χ3n) is 3.69. The number of hydrogen-bond acceptors (Lipinski definition) is 5. The Morgan fingerprint density at radius 1 is 1.22 bits per heavy atom. The number of halogens is 1. The molecule has 27 heavy (non-hydrogen) atoms. The molecule has 0 heterocycles. The molecule has 2 aromatic carbocycles. The molecule has 0 fully saturated rings. The van der Waals surface area contributed by atoms with E-state index in [0.717, 1.165) is 0 Å². The SMILES string of the molecule is COc1ccc(S(=O)(=O)C[C@@H](C)CO)cc1C(=O)Nc1ccc(F)cc1.S. The zero-order valence-corrected chi connectivity index (χ0v) is 16.7. The van der Waals surface area contributed by atoms with Crippen LogP contribution < -0.4 is 10.1 Å². The molecule has 0 saturated carbocycles. The number of aliphatic hydroxyl groups excluding tert-OH is 1. The van der Waals surface area contributed by atoms with E-state index in [1.54, 1.807) is 6.92 Å². The predicted molar refractivity (Wildman–Crippen MR) is 106 cm³/mol. The zero-order chi connectivity index (χ0) is 19.3. The average molecular weight is 416 g/mol. The van der Waals surface area contributed by atoms with Crippen molar-refractivity contribution in [3.63, 3.8) is 0 Å². The second kappa shape index (κ2) is 9.72. The first-order chi connectivity index (χ1) is 12.3. The maximum Gasteiger partial charge on any atom is 0.259 e. The van der Waals surface area contributed by atoms with Crippen molar-refractivity contribution in [2.75, 3.05) is 24.8 Å². The highest BCUT2D eigenvalue weighted by Gasteiger charge is 2.22.